The molecule has 2 rings (SSSR count). The minimum absolute atomic E-state index is 0.206. The van der Waals surface area contributed by atoms with Crippen LogP contribution in [0.15, 0.2) is 0 Å². The Morgan fingerprint density at radius 2 is 1.89 bits per heavy atom. The zero-order valence-electron chi connectivity index (χ0n) is 12.6. The summed E-state index contributed by atoms with van der Waals surface area (Å²) >= 11 is 0. The maximum atomic E-state index is 10.5. The van der Waals surface area contributed by atoms with Gasteiger partial charge in [-0.1, -0.05) is 6.92 Å². The van der Waals surface area contributed by atoms with Crippen LogP contribution >= 0.6 is 0 Å². The molecule has 2 saturated heterocycles. The predicted octanol–water partition coefficient (Wildman–Crippen LogP) is 2.28. The Morgan fingerprint density at radius 3 is 2.39 bits per heavy atom. The van der Waals surface area contributed by atoms with Gasteiger partial charge < -0.3 is 14.7 Å². The maximum absolute atomic E-state index is 10.5. The van der Waals surface area contributed by atoms with Gasteiger partial charge in [-0.05, 0) is 53.0 Å². The van der Waals surface area contributed by atoms with E-state index in [9.17, 15) is 5.11 Å². The molecule has 106 valence electrons. The van der Waals surface area contributed by atoms with Crippen molar-refractivity contribution in [3.63, 3.8) is 0 Å². The Hall–Kier alpha value is -0.120. The van der Waals surface area contributed by atoms with Gasteiger partial charge in [0.15, 0.2) is 0 Å². The molecule has 2 aliphatic heterocycles. The van der Waals surface area contributed by atoms with E-state index in [2.05, 4.69) is 25.7 Å². The average molecular weight is 255 g/mol. The van der Waals surface area contributed by atoms with Crippen molar-refractivity contribution in [2.24, 2.45) is 11.8 Å². The first-order valence-corrected chi connectivity index (χ1v) is 7.33. The van der Waals surface area contributed by atoms with Crippen molar-refractivity contribution in [1.29, 1.82) is 0 Å². The number of likely N-dealkylation sites (tertiary alicyclic amines) is 1. The number of hydrogen-bond acceptors (Lipinski definition) is 3. The monoisotopic (exact) mass is 255 g/mol. The molecule has 0 bridgehead atoms. The number of rotatable bonds is 2. The highest BCUT2D eigenvalue weighted by molar-refractivity contribution is 5.02. The molecule has 3 unspecified atom stereocenters. The highest BCUT2D eigenvalue weighted by Crippen LogP contribution is 2.42. The van der Waals surface area contributed by atoms with Crippen LogP contribution < -0.4 is 0 Å². The van der Waals surface area contributed by atoms with Crippen molar-refractivity contribution in [2.75, 3.05) is 19.6 Å². The first kappa shape index (κ1) is 14.3. The third-order valence-electron chi connectivity index (χ3n) is 4.71. The number of nitrogens with zero attached hydrogens (tertiary/aromatic N) is 1. The lowest BCUT2D eigenvalue weighted by Crippen LogP contribution is -2.46. The van der Waals surface area contributed by atoms with Crippen molar-refractivity contribution in [2.45, 2.75) is 64.8 Å². The van der Waals surface area contributed by atoms with E-state index in [1.807, 2.05) is 13.8 Å². The summed E-state index contributed by atoms with van der Waals surface area (Å²) in [6.45, 7) is 13.8. The van der Waals surface area contributed by atoms with E-state index in [0.717, 1.165) is 12.5 Å². The van der Waals surface area contributed by atoms with Gasteiger partial charge in [-0.15, -0.1) is 0 Å². The van der Waals surface area contributed by atoms with Gasteiger partial charge in [0.25, 0.3) is 0 Å². The van der Waals surface area contributed by atoms with Gasteiger partial charge in [0.2, 0.25) is 0 Å². The second-order valence-electron chi connectivity index (χ2n) is 7.37. The van der Waals surface area contributed by atoms with E-state index in [1.165, 1.54) is 25.9 Å². The van der Waals surface area contributed by atoms with Gasteiger partial charge in [-0.25, -0.2) is 0 Å². The number of aliphatic hydroxyl groups is 1. The van der Waals surface area contributed by atoms with E-state index in [0.29, 0.717) is 0 Å². The van der Waals surface area contributed by atoms with Crippen molar-refractivity contribution in [3.8, 4) is 0 Å². The first-order valence-electron chi connectivity index (χ1n) is 7.33. The number of ether oxygens (including phenoxy) is 1. The third-order valence-corrected chi connectivity index (χ3v) is 4.71. The molecule has 3 heteroatoms. The largest absolute Gasteiger partial charge is 0.390 e. The predicted molar refractivity (Wildman–Crippen MR) is 73.6 cm³/mol. The van der Waals surface area contributed by atoms with Crippen molar-refractivity contribution < 1.29 is 9.84 Å². The van der Waals surface area contributed by atoms with Crippen LogP contribution in [0, 0.1) is 11.8 Å². The highest BCUT2D eigenvalue weighted by Gasteiger charge is 2.53. The van der Waals surface area contributed by atoms with Gasteiger partial charge >= 0.3 is 0 Å². The minimum atomic E-state index is -0.421. The normalized spacial score (nSPS) is 40.0. The van der Waals surface area contributed by atoms with Crippen molar-refractivity contribution in [3.05, 3.63) is 0 Å². The summed E-state index contributed by atoms with van der Waals surface area (Å²) in [6, 6.07) is 0. The molecule has 3 atom stereocenters. The molecule has 1 N–H and O–H groups in total. The van der Waals surface area contributed by atoms with Crippen LogP contribution in [-0.2, 0) is 4.74 Å². The number of piperidine rings is 1. The molecule has 0 amide bonds. The molecule has 3 nitrogen and oxygen atoms in total. The lowest BCUT2D eigenvalue weighted by Gasteiger charge is -2.36. The first-order chi connectivity index (χ1) is 8.22. The smallest absolute Gasteiger partial charge is 0.0896 e. The Morgan fingerprint density at radius 1 is 1.22 bits per heavy atom. The molecule has 0 aromatic carbocycles. The Bertz CT molecular complexity index is 301. The lowest BCUT2D eigenvalue weighted by atomic mass is 9.83. The molecular formula is C15H29NO2. The molecule has 18 heavy (non-hydrogen) atoms. The number of hydrogen-bond donors (Lipinski definition) is 1. The van der Waals surface area contributed by atoms with E-state index in [1.54, 1.807) is 0 Å². The quantitative estimate of drug-likeness (QED) is 0.821. The van der Waals surface area contributed by atoms with Crippen molar-refractivity contribution in [1.82, 2.24) is 4.90 Å². The van der Waals surface area contributed by atoms with Crippen LogP contribution in [0.25, 0.3) is 0 Å². The van der Waals surface area contributed by atoms with E-state index >= 15 is 0 Å². The molecule has 0 spiro atoms. The SMILES string of the molecule is CC1CCCN(CC2C(O)C(C)(C)OC2(C)C)C1. The summed E-state index contributed by atoms with van der Waals surface area (Å²) in [5, 5.41) is 10.5. The molecule has 2 fully saturated rings. The van der Waals surface area contributed by atoms with Gasteiger partial charge in [-0.2, -0.15) is 0 Å². The van der Waals surface area contributed by atoms with Gasteiger partial charge in [0, 0.05) is 19.0 Å². The van der Waals surface area contributed by atoms with Crippen LogP contribution in [0.1, 0.15) is 47.5 Å². The summed E-state index contributed by atoms with van der Waals surface area (Å²) in [5.41, 5.74) is -0.654. The molecular weight excluding hydrogens is 226 g/mol. The van der Waals surface area contributed by atoms with Crippen LogP contribution in [0.5, 0.6) is 0 Å². The fourth-order valence-corrected chi connectivity index (χ4v) is 3.73. The molecule has 2 heterocycles. The average Bonchev–Trinajstić information content (AvgIpc) is 2.37. The molecule has 0 radical (unpaired) electrons. The summed E-state index contributed by atoms with van der Waals surface area (Å²) in [6.07, 6.45) is 2.26. The Balaban J connectivity index is 2.03. The standard InChI is InChI=1S/C15H29NO2/c1-11-7-6-8-16(9-11)10-12-13(17)15(4,5)18-14(12,2)3/h11-13,17H,6-10H2,1-5H3. The zero-order chi connectivity index (χ0) is 13.6. The van der Waals surface area contributed by atoms with E-state index < -0.39 is 5.60 Å². The topological polar surface area (TPSA) is 32.7 Å². The summed E-state index contributed by atoms with van der Waals surface area (Å²) in [5.74, 6) is 0.993. The van der Waals surface area contributed by atoms with Crippen molar-refractivity contribution >= 4 is 0 Å². The van der Waals surface area contributed by atoms with Gasteiger partial charge in [-0.3, -0.25) is 0 Å². The molecule has 2 aliphatic rings. The van der Waals surface area contributed by atoms with Crippen LogP contribution in [0.3, 0.4) is 0 Å². The molecule has 0 saturated carbocycles. The highest BCUT2D eigenvalue weighted by atomic mass is 16.5. The van der Waals surface area contributed by atoms with Crippen LogP contribution in [-0.4, -0.2) is 46.9 Å². The lowest BCUT2D eigenvalue weighted by molar-refractivity contribution is -0.0915. The zero-order valence-corrected chi connectivity index (χ0v) is 12.6. The minimum Gasteiger partial charge on any atom is -0.390 e. The van der Waals surface area contributed by atoms with Gasteiger partial charge in [0.1, 0.15) is 0 Å². The fourth-order valence-electron chi connectivity index (χ4n) is 3.73. The fraction of sp³-hybridized carbons (Fsp3) is 1.00. The van der Waals surface area contributed by atoms with Crippen LogP contribution in [0.2, 0.25) is 0 Å². The van der Waals surface area contributed by atoms with Gasteiger partial charge in [0.05, 0.1) is 17.3 Å². The second kappa shape index (κ2) is 4.77. The summed E-state index contributed by atoms with van der Waals surface area (Å²) < 4.78 is 6.05. The molecule has 0 aromatic rings. The van der Waals surface area contributed by atoms with E-state index in [4.69, 9.17) is 4.74 Å². The summed E-state index contributed by atoms with van der Waals surface area (Å²) in [4.78, 5) is 2.51. The second-order valence-corrected chi connectivity index (χ2v) is 7.37. The third kappa shape index (κ3) is 2.73. The Labute approximate surface area is 112 Å². The molecule has 0 aliphatic carbocycles. The number of aliphatic hydroxyl groups excluding tert-OH is 1. The maximum Gasteiger partial charge on any atom is 0.0896 e. The molecule has 0 aromatic heterocycles. The van der Waals surface area contributed by atoms with Crippen LogP contribution in [0.4, 0.5) is 0 Å². The van der Waals surface area contributed by atoms with E-state index in [-0.39, 0.29) is 17.6 Å². The Kier molecular flexibility index (Phi) is 3.79. The summed E-state index contributed by atoms with van der Waals surface area (Å²) in [7, 11) is 0.